The molecular formula is C17H22FN3. The largest absolute Gasteiger partial charge is 0.370 e. The Hall–Kier alpha value is -1.97. The highest BCUT2D eigenvalue weighted by molar-refractivity contribution is 5.71. The second-order valence-corrected chi connectivity index (χ2v) is 5.50. The van der Waals surface area contributed by atoms with Gasteiger partial charge in [0, 0.05) is 23.6 Å². The number of hydrogen-bond acceptors (Lipinski definition) is 3. The molecule has 0 radical (unpaired) electrons. The standard InChI is InChI=1S/C17H22FN3/c1-6-19-17-12(5)15(20-16(21-17)10(2)3)13-8-7-9-14(18)11(13)4/h7-10H,6H2,1-5H3,(H,19,20,21). The lowest BCUT2D eigenvalue weighted by atomic mass is 10.0. The molecule has 0 atom stereocenters. The first-order valence-corrected chi connectivity index (χ1v) is 7.33. The number of anilines is 1. The monoisotopic (exact) mass is 287 g/mol. The van der Waals surface area contributed by atoms with Gasteiger partial charge in [-0.05, 0) is 32.4 Å². The highest BCUT2D eigenvalue weighted by atomic mass is 19.1. The van der Waals surface area contributed by atoms with Crippen molar-refractivity contribution >= 4 is 5.82 Å². The highest BCUT2D eigenvalue weighted by Crippen LogP contribution is 2.30. The van der Waals surface area contributed by atoms with Crippen molar-refractivity contribution in [2.45, 2.75) is 40.5 Å². The Morgan fingerprint density at radius 1 is 1.14 bits per heavy atom. The van der Waals surface area contributed by atoms with Crippen LogP contribution >= 0.6 is 0 Å². The van der Waals surface area contributed by atoms with Crippen molar-refractivity contribution in [3.05, 3.63) is 41.0 Å². The van der Waals surface area contributed by atoms with Crippen molar-refractivity contribution in [1.82, 2.24) is 9.97 Å². The molecule has 1 aromatic heterocycles. The molecule has 0 aliphatic carbocycles. The lowest BCUT2D eigenvalue weighted by molar-refractivity contribution is 0.619. The molecule has 1 heterocycles. The number of rotatable bonds is 4. The molecule has 1 N–H and O–H groups in total. The molecule has 0 saturated heterocycles. The Bertz CT molecular complexity index is 651. The number of hydrogen-bond donors (Lipinski definition) is 1. The van der Waals surface area contributed by atoms with Crippen LogP contribution in [0.5, 0.6) is 0 Å². The first-order valence-electron chi connectivity index (χ1n) is 7.33. The van der Waals surface area contributed by atoms with Crippen LogP contribution in [0, 0.1) is 19.7 Å². The van der Waals surface area contributed by atoms with Crippen LogP contribution in [0.3, 0.4) is 0 Å². The Morgan fingerprint density at radius 3 is 2.48 bits per heavy atom. The molecule has 0 aliphatic rings. The van der Waals surface area contributed by atoms with E-state index < -0.39 is 0 Å². The molecule has 3 nitrogen and oxygen atoms in total. The summed E-state index contributed by atoms with van der Waals surface area (Å²) in [5.41, 5.74) is 3.21. The number of halogens is 1. The van der Waals surface area contributed by atoms with E-state index in [0.29, 0.717) is 5.56 Å². The van der Waals surface area contributed by atoms with E-state index in [2.05, 4.69) is 29.1 Å². The predicted molar refractivity (Wildman–Crippen MR) is 85.2 cm³/mol. The SMILES string of the molecule is CCNc1nc(C(C)C)nc(-c2cccc(F)c2C)c1C. The number of benzene rings is 1. The second-order valence-electron chi connectivity index (χ2n) is 5.50. The van der Waals surface area contributed by atoms with Crippen molar-refractivity contribution in [2.24, 2.45) is 0 Å². The van der Waals surface area contributed by atoms with Crippen LogP contribution < -0.4 is 5.32 Å². The Morgan fingerprint density at radius 2 is 1.86 bits per heavy atom. The minimum absolute atomic E-state index is 0.207. The third-order valence-corrected chi connectivity index (χ3v) is 3.55. The van der Waals surface area contributed by atoms with E-state index >= 15 is 0 Å². The fourth-order valence-corrected chi connectivity index (χ4v) is 2.26. The molecule has 0 aliphatic heterocycles. The van der Waals surface area contributed by atoms with Crippen molar-refractivity contribution < 1.29 is 4.39 Å². The summed E-state index contributed by atoms with van der Waals surface area (Å²) in [6, 6.07) is 5.11. The van der Waals surface area contributed by atoms with Gasteiger partial charge in [0.05, 0.1) is 5.69 Å². The van der Waals surface area contributed by atoms with Crippen LogP contribution in [-0.4, -0.2) is 16.5 Å². The highest BCUT2D eigenvalue weighted by Gasteiger charge is 2.16. The molecule has 0 bridgehead atoms. The molecule has 0 saturated carbocycles. The fourth-order valence-electron chi connectivity index (χ4n) is 2.26. The van der Waals surface area contributed by atoms with Crippen molar-refractivity contribution in [1.29, 1.82) is 0 Å². The molecular weight excluding hydrogens is 265 g/mol. The summed E-state index contributed by atoms with van der Waals surface area (Å²) in [6.45, 7) is 10.7. The van der Waals surface area contributed by atoms with Gasteiger partial charge in [-0.3, -0.25) is 0 Å². The molecule has 21 heavy (non-hydrogen) atoms. The third kappa shape index (κ3) is 3.04. The van der Waals surface area contributed by atoms with E-state index in [1.54, 1.807) is 13.0 Å². The summed E-state index contributed by atoms with van der Waals surface area (Å²) >= 11 is 0. The number of nitrogens with zero attached hydrogens (tertiary/aromatic N) is 2. The molecule has 0 fully saturated rings. The predicted octanol–water partition coefficient (Wildman–Crippen LogP) is 4.45. The Kier molecular flexibility index (Phi) is 4.56. The summed E-state index contributed by atoms with van der Waals surface area (Å²) in [6.07, 6.45) is 0. The van der Waals surface area contributed by atoms with Gasteiger partial charge >= 0.3 is 0 Å². The zero-order valence-corrected chi connectivity index (χ0v) is 13.3. The summed E-state index contributed by atoms with van der Waals surface area (Å²) in [5, 5.41) is 3.27. The minimum Gasteiger partial charge on any atom is -0.370 e. The van der Waals surface area contributed by atoms with E-state index in [1.807, 2.05) is 19.9 Å². The van der Waals surface area contributed by atoms with Crippen LogP contribution in [0.4, 0.5) is 10.2 Å². The van der Waals surface area contributed by atoms with Crippen molar-refractivity contribution in [3.8, 4) is 11.3 Å². The van der Waals surface area contributed by atoms with Crippen LogP contribution in [-0.2, 0) is 0 Å². The van der Waals surface area contributed by atoms with Gasteiger partial charge in [-0.15, -0.1) is 0 Å². The van der Waals surface area contributed by atoms with Gasteiger partial charge in [-0.2, -0.15) is 0 Å². The minimum atomic E-state index is -0.207. The number of aromatic nitrogens is 2. The molecule has 1 aromatic carbocycles. The topological polar surface area (TPSA) is 37.8 Å². The van der Waals surface area contributed by atoms with E-state index in [4.69, 9.17) is 0 Å². The summed E-state index contributed by atoms with van der Waals surface area (Å²) < 4.78 is 13.8. The summed E-state index contributed by atoms with van der Waals surface area (Å²) in [5.74, 6) is 1.61. The van der Waals surface area contributed by atoms with Gasteiger partial charge in [0.1, 0.15) is 17.5 Å². The van der Waals surface area contributed by atoms with E-state index in [9.17, 15) is 4.39 Å². The van der Waals surface area contributed by atoms with Crippen LogP contribution in [0.15, 0.2) is 18.2 Å². The Labute approximate surface area is 125 Å². The quantitative estimate of drug-likeness (QED) is 0.902. The van der Waals surface area contributed by atoms with Crippen molar-refractivity contribution in [2.75, 3.05) is 11.9 Å². The fraction of sp³-hybridized carbons (Fsp3) is 0.412. The number of nitrogens with one attached hydrogen (secondary N) is 1. The zero-order valence-electron chi connectivity index (χ0n) is 13.3. The van der Waals surface area contributed by atoms with Gasteiger partial charge < -0.3 is 5.32 Å². The molecule has 112 valence electrons. The molecule has 2 rings (SSSR count). The molecule has 0 unspecified atom stereocenters. The smallest absolute Gasteiger partial charge is 0.133 e. The molecule has 0 amide bonds. The van der Waals surface area contributed by atoms with Gasteiger partial charge in [-0.1, -0.05) is 26.0 Å². The third-order valence-electron chi connectivity index (χ3n) is 3.55. The Balaban J connectivity index is 2.69. The van der Waals surface area contributed by atoms with Crippen LogP contribution in [0.2, 0.25) is 0 Å². The molecule has 4 heteroatoms. The average Bonchev–Trinajstić information content (AvgIpc) is 2.44. The first kappa shape index (κ1) is 15.4. The van der Waals surface area contributed by atoms with E-state index in [-0.39, 0.29) is 11.7 Å². The average molecular weight is 287 g/mol. The lowest BCUT2D eigenvalue weighted by Gasteiger charge is -2.16. The van der Waals surface area contributed by atoms with E-state index in [0.717, 1.165) is 35.0 Å². The second kappa shape index (κ2) is 6.20. The maximum absolute atomic E-state index is 13.8. The maximum Gasteiger partial charge on any atom is 0.133 e. The summed E-state index contributed by atoms with van der Waals surface area (Å²) in [4.78, 5) is 9.25. The first-order chi connectivity index (χ1) is 9.95. The molecule has 0 spiro atoms. The van der Waals surface area contributed by atoms with Crippen LogP contribution in [0.25, 0.3) is 11.3 Å². The lowest BCUT2D eigenvalue weighted by Crippen LogP contribution is -2.09. The van der Waals surface area contributed by atoms with Gasteiger partial charge in [0.15, 0.2) is 0 Å². The van der Waals surface area contributed by atoms with E-state index in [1.165, 1.54) is 6.07 Å². The van der Waals surface area contributed by atoms with Gasteiger partial charge in [0.2, 0.25) is 0 Å². The van der Waals surface area contributed by atoms with Gasteiger partial charge in [0.25, 0.3) is 0 Å². The van der Waals surface area contributed by atoms with Crippen molar-refractivity contribution in [3.63, 3.8) is 0 Å². The van der Waals surface area contributed by atoms with Crippen LogP contribution in [0.1, 0.15) is 43.6 Å². The normalized spacial score (nSPS) is 11.0. The summed E-state index contributed by atoms with van der Waals surface area (Å²) in [7, 11) is 0. The zero-order chi connectivity index (χ0) is 15.6. The van der Waals surface area contributed by atoms with Gasteiger partial charge in [-0.25, -0.2) is 14.4 Å². The maximum atomic E-state index is 13.8. The molecule has 2 aromatic rings.